The second-order valence-corrected chi connectivity index (χ2v) is 7.38. The maximum Gasteiger partial charge on any atom is 0.131 e. The molecule has 3 nitrogen and oxygen atoms in total. The van der Waals surface area contributed by atoms with E-state index in [0.29, 0.717) is 18.1 Å². The van der Waals surface area contributed by atoms with Crippen LogP contribution in [0.25, 0.3) is 41.7 Å². The molecule has 26 heavy (non-hydrogen) atoms. The first kappa shape index (κ1) is 15.3. The van der Waals surface area contributed by atoms with Gasteiger partial charge in [-0.15, -0.1) is 11.3 Å². The van der Waals surface area contributed by atoms with E-state index >= 15 is 0 Å². The van der Waals surface area contributed by atoms with Gasteiger partial charge in [-0.3, -0.25) is 0 Å². The number of benzene rings is 4. The van der Waals surface area contributed by atoms with E-state index in [1.165, 1.54) is 0 Å². The summed E-state index contributed by atoms with van der Waals surface area (Å²) in [4.78, 5) is 0. The lowest BCUT2D eigenvalue weighted by Crippen LogP contribution is -1.92. The molecule has 0 bridgehead atoms. The number of thiophene rings is 1. The van der Waals surface area contributed by atoms with Crippen molar-refractivity contribution in [1.29, 1.82) is 0 Å². The van der Waals surface area contributed by atoms with Crippen LogP contribution in [-0.2, 0) is 0 Å². The van der Waals surface area contributed by atoms with Crippen molar-refractivity contribution in [2.75, 3.05) is 6.61 Å². The third-order valence-electron chi connectivity index (χ3n) is 4.80. The lowest BCUT2D eigenvalue weighted by molar-refractivity contribution is 0.342. The summed E-state index contributed by atoms with van der Waals surface area (Å²) in [6.07, 6.45) is 0. The van der Waals surface area contributed by atoms with Crippen molar-refractivity contribution in [3.8, 4) is 17.2 Å². The first-order valence-electron chi connectivity index (χ1n) is 8.53. The number of hydrogen-bond donors (Lipinski definition) is 2. The van der Waals surface area contributed by atoms with E-state index in [0.717, 1.165) is 41.7 Å². The minimum absolute atomic E-state index is 0.204. The van der Waals surface area contributed by atoms with Crippen LogP contribution in [0, 0.1) is 0 Å². The number of phenolic OH excluding ortho intramolecular Hbond substituents is 2. The highest BCUT2D eigenvalue weighted by Crippen LogP contribution is 2.45. The monoisotopic (exact) mass is 360 g/mol. The molecule has 0 fully saturated rings. The van der Waals surface area contributed by atoms with Gasteiger partial charge in [0.05, 0.1) is 6.61 Å². The van der Waals surface area contributed by atoms with Gasteiger partial charge in [-0.05, 0) is 36.6 Å². The van der Waals surface area contributed by atoms with Crippen LogP contribution in [0.3, 0.4) is 0 Å². The van der Waals surface area contributed by atoms with Crippen LogP contribution < -0.4 is 4.74 Å². The summed E-state index contributed by atoms with van der Waals surface area (Å²) in [5.41, 5.74) is 0. The molecular formula is C22H16O3S. The molecule has 0 unspecified atom stereocenters. The van der Waals surface area contributed by atoms with E-state index in [9.17, 15) is 10.2 Å². The van der Waals surface area contributed by atoms with Gasteiger partial charge in [0.2, 0.25) is 0 Å². The first-order chi connectivity index (χ1) is 12.7. The van der Waals surface area contributed by atoms with E-state index in [1.54, 1.807) is 29.5 Å². The van der Waals surface area contributed by atoms with Gasteiger partial charge in [0.1, 0.15) is 17.2 Å². The van der Waals surface area contributed by atoms with Gasteiger partial charge in [-0.1, -0.05) is 24.3 Å². The number of phenols is 2. The molecule has 4 aromatic carbocycles. The highest BCUT2D eigenvalue weighted by atomic mass is 32.1. The van der Waals surface area contributed by atoms with E-state index in [1.807, 2.05) is 31.2 Å². The molecule has 128 valence electrons. The van der Waals surface area contributed by atoms with Gasteiger partial charge in [0.15, 0.2) is 0 Å². The molecule has 0 spiro atoms. The largest absolute Gasteiger partial charge is 0.508 e. The highest BCUT2D eigenvalue weighted by Gasteiger charge is 2.16. The topological polar surface area (TPSA) is 49.7 Å². The number of ether oxygens (including phenoxy) is 1. The van der Waals surface area contributed by atoms with E-state index < -0.39 is 0 Å². The van der Waals surface area contributed by atoms with Gasteiger partial charge >= 0.3 is 0 Å². The molecule has 0 aliphatic heterocycles. The minimum atomic E-state index is 0.204. The predicted octanol–water partition coefficient (Wildman–Crippen LogP) is 6.17. The summed E-state index contributed by atoms with van der Waals surface area (Å²) in [7, 11) is 0. The molecule has 1 heterocycles. The molecule has 5 rings (SSSR count). The predicted molar refractivity (Wildman–Crippen MR) is 109 cm³/mol. The Kier molecular flexibility index (Phi) is 3.24. The van der Waals surface area contributed by atoms with Crippen LogP contribution in [0.4, 0.5) is 0 Å². The Labute approximate surface area is 153 Å². The van der Waals surface area contributed by atoms with Gasteiger partial charge in [0, 0.05) is 42.4 Å². The zero-order valence-corrected chi connectivity index (χ0v) is 14.9. The van der Waals surface area contributed by atoms with Crippen LogP contribution in [0.5, 0.6) is 17.2 Å². The lowest BCUT2D eigenvalue weighted by atomic mass is 10.0. The Morgan fingerprint density at radius 1 is 0.885 bits per heavy atom. The Morgan fingerprint density at radius 2 is 1.73 bits per heavy atom. The molecule has 0 amide bonds. The van der Waals surface area contributed by atoms with Crippen molar-refractivity contribution in [3.63, 3.8) is 0 Å². The van der Waals surface area contributed by atoms with Crippen LogP contribution in [-0.4, -0.2) is 16.8 Å². The smallest absolute Gasteiger partial charge is 0.131 e. The molecule has 0 atom stereocenters. The van der Waals surface area contributed by atoms with Gasteiger partial charge in [0.25, 0.3) is 0 Å². The van der Waals surface area contributed by atoms with Crippen LogP contribution >= 0.6 is 11.3 Å². The summed E-state index contributed by atoms with van der Waals surface area (Å²) in [5, 5.41) is 26.4. The second kappa shape index (κ2) is 5.51. The molecule has 1 aromatic heterocycles. The highest BCUT2D eigenvalue weighted by molar-refractivity contribution is 7.26. The van der Waals surface area contributed by atoms with E-state index in [-0.39, 0.29) is 5.75 Å². The lowest BCUT2D eigenvalue weighted by Gasteiger charge is -2.10. The number of aromatic hydroxyl groups is 2. The molecule has 0 aliphatic rings. The third-order valence-corrected chi connectivity index (χ3v) is 6.00. The minimum Gasteiger partial charge on any atom is -0.508 e. The Morgan fingerprint density at radius 3 is 2.58 bits per heavy atom. The summed E-state index contributed by atoms with van der Waals surface area (Å²) >= 11 is 1.72. The van der Waals surface area contributed by atoms with Crippen molar-refractivity contribution < 1.29 is 14.9 Å². The first-order valence-corrected chi connectivity index (χ1v) is 9.34. The van der Waals surface area contributed by atoms with Crippen molar-refractivity contribution in [2.45, 2.75) is 6.92 Å². The molecule has 0 aliphatic carbocycles. The van der Waals surface area contributed by atoms with Crippen LogP contribution in [0.15, 0.2) is 54.6 Å². The maximum absolute atomic E-state index is 10.2. The third kappa shape index (κ3) is 2.06. The molecule has 0 radical (unpaired) electrons. The quantitative estimate of drug-likeness (QED) is 0.396. The van der Waals surface area contributed by atoms with Crippen molar-refractivity contribution in [1.82, 2.24) is 0 Å². The zero-order valence-electron chi connectivity index (χ0n) is 14.1. The van der Waals surface area contributed by atoms with Gasteiger partial charge < -0.3 is 14.9 Å². The van der Waals surface area contributed by atoms with E-state index in [2.05, 4.69) is 12.1 Å². The van der Waals surface area contributed by atoms with Crippen molar-refractivity contribution in [2.24, 2.45) is 0 Å². The average Bonchev–Trinajstić information content (AvgIpc) is 3.01. The summed E-state index contributed by atoms with van der Waals surface area (Å²) in [5.74, 6) is 1.20. The van der Waals surface area contributed by atoms with Gasteiger partial charge in [-0.25, -0.2) is 0 Å². The fourth-order valence-corrected chi connectivity index (χ4v) is 4.98. The van der Waals surface area contributed by atoms with Crippen molar-refractivity contribution >= 4 is 53.1 Å². The Hall–Kier alpha value is -2.98. The fraction of sp³-hybridized carbons (Fsp3) is 0.0909. The number of hydrogen-bond acceptors (Lipinski definition) is 4. The maximum atomic E-state index is 10.2. The Bertz CT molecular complexity index is 1320. The normalized spacial score (nSPS) is 11.7. The van der Waals surface area contributed by atoms with Crippen LogP contribution in [0.2, 0.25) is 0 Å². The van der Waals surface area contributed by atoms with Gasteiger partial charge in [-0.2, -0.15) is 0 Å². The molecule has 2 N–H and O–H groups in total. The molecular weight excluding hydrogens is 344 g/mol. The number of fused-ring (bicyclic) bond motifs is 7. The summed E-state index contributed by atoms with van der Waals surface area (Å²) < 4.78 is 8.15. The average molecular weight is 360 g/mol. The molecule has 4 heteroatoms. The molecule has 0 saturated carbocycles. The van der Waals surface area contributed by atoms with E-state index in [4.69, 9.17) is 4.74 Å². The summed E-state index contributed by atoms with van der Waals surface area (Å²) in [6.45, 7) is 2.48. The van der Waals surface area contributed by atoms with Crippen LogP contribution in [0.1, 0.15) is 6.92 Å². The second-order valence-electron chi connectivity index (χ2n) is 6.33. The summed E-state index contributed by atoms with van der Waals surface area (Å²) in [6, 6.07) is 17.2. The standard InChI is InChI=1S/C22H16O3S/c1-2-25-18-11-13(23)10-12-6-9-19-21(20(12)18)16-8-7-14-15(22(16)26-19)4-3-5-17(14)24/h3-11,23-24H,2H2,1H3. The zero-order chi connectivity index (χ0) is 17.8. The SMILES string of the molecule is CCOc1cc(O)cc2ccc3sc4c5cccc(O)c5ccc4c3c12. The fourth-order valence-electron chi connectivity index (χ4n) is 3.75. The molecule has 0 saturated heterocycles. The number of rotatable bonds is 2. The Balaban J connectivity index is 2.02. The van der Waals surface area contributed by atoms with Crippen molar-refractivity contribution in [3.05, 3.63) is 54.6 Å². The molecule has 5 aromatic rings.